The summed E-state index contributed by atoms with van der Waals surface area (Å²) in [6.07, 6.45) is 0. The zero-order valence-corrected chi connectivity index (χ0v) is 8.34. The van der Waals surface area contributed by atoms with Crippen molar-refractivity contribution < 1.29 is 9.90 Å². The van der Waals surface area contributed by atoms with Gasteiger partial charge in [-0.1, -0.05) is 22.0 Å². The highest BCUT2D eigenvalue weighted by Gasteiger charge is 2.27. The molecule has 0 saturated carbocycles. The number of carboxylic acids is 1. The van der Waals surface area contributed by atoms with Gasteiger partial charge in [-0.25, -0.2) is 0 Å². The molecular formula is C9H8BrNO2. The molecule has 68 valence electrons. The summed E-state index contributed by atoms with van der Waals surface area (Å²) in [4.78, 5) is 10.8. The number of carboxylic acid groups (broad SMARTS) is 1. The fourth-order valence-corrected chi connectivity index (χ4v) is 1.96. The SMILES string of the molecule is O=C(O)C1NCc2cc(Br)ccc21. The molecule has 0 amide bonds. The Hall–Kier alpha value is -0.870. The van der Waals surface area contributed by atoms with E-state index in [1.54, 1.807) is 0 Å². The third kappa shape index (κ3) is 1.47. The molecular weight excluding hydrogens is 234 g/mol. The maximum Gasteiger partial charge on any atom is 0.325 e. The minimum atomic E-state index is -0.818. The fourth-order valence-electron chi connectivity index (χ4n) is 1.55. The molecule has 13 heavy (non-hydrogen) atoms. The molecule has 1 unspecified atom stereocenters. The van der Waals surface area contributed by atoms with Crippen LogP contribution in [0.1, 0.15) is 17.2 Å². The van der Waals surface area contributed by atoms with E-state index in [0.717, 1.165) is 15.6 Å². The van der Waals surface area contributed by atoms with Crippen LogP contribution in [0.5, 0.6) is 0 Å². The van der Waals surface area contributed by atoms with Crippen LogP contribution in [0.3, 0.4) is 0 Å². The second-order valence-corrected chi connectivity index (χ2v) is 3.91. The predicted octanol–water partition coefficient (Wildman–Crippen LogP) is 1.68. The fraction of sp³-hybridized carbons (Fsp3) is 0.222. The first kappa shape index (κ1) is 8.72. The van der Waals surface area contributed by atoms with Crippen molar-refractivity contribution in [1.82, 2.24) is 5.32 Å². The van der Waals surface area contributed by atoms with Crippen molar-refractivity contribution in [2.75, 3.05) is 0 Å². The molecule has 2 N–H and O–H groups in total. The van der Waals surface area contributed by atoms with Crippen LogP contribution in [-0.2, 0) is 11.3 Å². The quantitative estimate of drug-likeness (QED) is 0.787. The normalized spacial score (nSPS) is 19.9. The van der Waals surface area contributed by atoms with E-state index in [2.05, 4.69) is 21.2 Å². The summed E-state index contributed by atoms with van der Waals surface area (Å²) in [5.74, 6) is -0.818. The molecule has 0 aromatic heterocycles. The van der Waals surface area contributed by atoms with Crippen molar-refractivity contribution in [3.05, 3.63) is 33.8 Å². The smallest absolute Gasteiger partial charge is 0.325 e. The lowest BCUT2D eigenvalue weighted by Gasteiger charge is -2.04. The van der Waals surface area contributed by atoms with Gasteiger partial charge >= 0.3 is 5.97 Å². The van der Waals surface area contributed by atoms with Crippen LogP contribution in [-0.4, -0.2) is 11.1 Å². The third-order valence-corrected chi connectivity index (χ3v) is 2.65. The maximum atomic E-state index is 10.8. The molecule has 0 aliphatic carbocycles. The Morgan fingerprint density at radius 1 is 1.62 bits per heavy atom. The van der Waals surface area contributed by atoms with Gasteiger partial charge in [-0.05, 0) is 23.3 Å². The summed E-state index contributed by atoms with van der Waals surface area (Å²) in [5.41, 5.74) is 1.93. The van der Waals surface area contributed by atoms with E-state index in [0.29, 0.717) is 6.54 Å². The maximum absolute atomic E-state index is 10.8. The van der Waals surface area contributed by atoms with E-state index in [1.807, 2.05) is 18.2 Å². The van der Waals surface area contributed by atoms with Gasteiger partial charge in [-0.15, -0.1) is 0 Å². The zero-order chi connectivity index (χ0) is 9.42. The Balaban J connectivity index is 2.44. The number of hydrogen-bond acceptors (Lipinski definition) is 2. The molecule has 0 radical (unpaired) electrons. The van der Waals surface area contributed by atoms with Crippen LogP contribution in [0.15, 0.2) is 22.7 Å². The Labute approximate surface area is 83.9 Å². The first-order valence-corrected chi connectivity index (χ1v) is 4.72. The zero-order valence-electron chi connectivity index (χ0n) is 6.75. The molecule has 2 rings (SSSR count). The Morgan fingerprint density at radius 3 is 3.08 bits per heavy atom. The highest BCUT2D eigenvalue weighted by atomic mass is 79.9. The van der Waals surface area contributed by atoms with Crippen LogP contribution < -0.4 is 5.32 Å². The van der Waals surface area contributed by atoms with Crippen LogP contribution >= 0.6 is 15.9 Å². The number of carbonyl (C=O) groups is 1. The topological polar surface area (TPSA) is 49.3 Å². The van der Waals surface area contributed by atoms with Crippen molar-refractivity contribution in [2.24, 2.45) is 0 Å². The first-order chi connectivity index (χ1) is 6.18. The molecule has 1 aliphatic rings. The molecule has 1 aromatic rings. The largest absolute Gasteiger partial charge is 0.480 e. The molecule has 4 heteroatoms. The van der Waals surface area contributed by atoms with E-state index in [-0.39, 0.29) is 0 Å². The molecule has 1 aliphatic heterocycles. The van der Waals surface area contributed by atoms with Crippen LogP contribution in [0.25, 0.3) is 0 Å². The minimum absolute atomic E-state index is 0.539. The van der Waals surface area contributed by atoms with Crippen LogP contribution in [0.4, 0.5) is 0 Å². The number of hydrogen-bond donors (Lipinski definition) is 2. The van der Waals surface area contributed by atoms with E-state index in [1.165, 1.54) is 0 Å². The van der Waals surface area contributed by atoms with Gasteiger partial charge in [0.1, 0.15) is 6.04 Å². The third-order valence-electron chi connectivity index (χ3n) is 2.16. The Morgan fingerprint density at radius 2 is 2.38 bits per heavy atom. The standard InChI is InChI=1S/C9H8BrNO2/c10-6-1-2-7-5(3-6)4-11-8(7)9(12)13/h1-3,8,11H,4H2,(H,12,13). The van der Waals surface area contributed by atoms with Crippen molar-refractivity contribution in [2.45, 2.75) is 12.6 Å². The van der Waals surface area contributed by atoms with Crippen molar-refractivity contribution in [1.29, 1.82) is 0 Å². The average molecular weight is 242 g/mol. The molecule has 1 aromatic carbocycles. The van der Waals surface area contributed by atoms with Gasteiger partial charge in [0.25, 0.3) is 0 Å². The number of halogens is 1. The minimum Gasteiger partial charge on any atom is -0.480 e. The van der Waals surface area contributed by atoms with Crippen molar-refractivity contribution in [3.8, 4) is 0 Å². The van der Waals surface area contributed by atoms with E-state index in [9.17, 15) is 4.79 Å². The summed E-state index contributed by atoms with van der Waals surface area (Å²) in [5, 5.41) is 11.8. The van der Waals surface area contributed by atoms with E-state index < -0.39 is 12.0 Å². The second-order valence-electron chi connectivity index (χ2n) is 3.00. The van der Waals surface area contributed by atoms with Crippen LogP contribution in [0, 0.1) is 0 Å². The second kappa shape index (κ2) is 3.12. The van der Waals surface area contributed by atoms with Gasteiger partial charge in [0.2, 0.25) is 0 Å². The van der Waals surface area contributed by atoms with Crippen molar-refractivity contribution >= 4 is 21.9 Å². The molecule has 0 bridgehead atoms. The van der Waals surface area contributed by atoms with Gasteiger partial charge in [0, 0.05) is 11.0 Å². The molecule has 0 saturated heterocycles. The number of benzene rings is 1. The Bertz CT molecular complexity index is 365. The molecule has 3 nitrogen and oxygen atoms in total. The number of rotatable bonds is 1. The van der Waals surface area contributed by atoms with Gasteiger partial charge in [0.05, 0.1) is 0 Å². The first-order valence-electron chi connectivity index (χ1n) is 3.93. The van der Waals surface area contributed by atoms with Crippen molar-refractivity contribution in [3.63, 3.8) is 0 Å². The number of aliphatic carboxylic acids is 1. The highest BCUT2D eigenvalue weighted by molar-refractivity contribution is 9.10. The Kier molecular flexibility index (Phi) is 2.09. The predicted molar refractivity (Wildman–Crippen MR) is 51.4 cm³/mol. The van der Waals surface area contributed by atoms with Crippen LogP contribution in [0.2, 0.25) is 0 Å². The summed E-state index contributed by atoms with van der Waals surface area (Å²) >= 11 is 3.35. The average Bonchev–Trinajstić information content (AvgIpc) is 2.46. The molecule has 0 fully saturated rings. The molecule has 1 atom stereocenters. The lowest BCUT2D eigenvalue weighted by Crippen LogP contribution is -2.21. The monoisotopic (exact) mass is 241 g/mol. The number of nitrogens with one attached hydrogen (secondary N) is 1. The summed E-state index contributed by atoms with van der Waals surface area (Å²) in [6.45, 7) is 0.631. The lowest BCUT2D eigenvalue weighted by molar-refractivity contribution is -0.139. The lowest BCUT2D eigenvalue weighted by atomic mass is 10.1. The van der Waals surface area contributed by atoms with Gasteiger partial charge in [-0.2, -0.15) is 0 Å². The summed E-state index contributed by atoms with van der Waals surface area (Å²) < 4.78 is 0.985. The van der Waals surface area contributed by atoms with E-state index in [4.69, 9.17) is 5.11 Å². The molecule has 1 heterocycles. The summed E-state index contributed by atoms with van der Waals surface area (Å²) in [6, 6.07) is 5.12. The van der Waals surface area contributed by atoms with E-state index >= 15 is 0 Å². The molecule has 0 spiro atoms. The van der Waals surface area contributed by atoms with Gasteiger partial charge in [0.15, 0.2) is 0 Å². The summed E-state index contributed by atoms with van der Waals surface area (Å²) in [7, 11) is 0. The van der Waals surface area contributed by atoms with Gasteiger partial charge in [-0.3, -0.25) is 10.1 Å². The number of fused-ring (bicyclic) bond motifs is 1. The highest BCUT2D eigenvalue weighted by Crippen LogP contribution is 2.27. The van der Waals surface area contributed by atoms with Gasteiger partial charge < -0.3 is 5.11 Å².